The number of rotatable bonds is 4. The monoisotopic (exact) mass is 281 g/mol. The number of hydrogen-bond donors (Lipinski definition) is 2. The van der Waals surface area contributed by atoms with Crippen molar-refractivity contribution in [3.8, 4) is 0 Å². The van der Waals surface area contributed by atoms with E-state index in [1.165, 1.54) is 15.3 Å². The molecule has 1 atom stereocenters. The highest BCUT2D eigenvalue weighted by molar-refractivity contribution is 7.12. The fourth-order valence-electron chi connectivity index (χ4n) is 3.03. The summed E-state index contributed by atoms with van der Waals surface area (Å²) in [5.74, 6) is -0.755. The third kappa shape index (κ3) is 3.57. The molecule has 0 amide bonds. The van der Waals surface area contributed by atoms with Crippen LogP contribution in [0.4, 0.5) is 0 Å². The van der Waals surface area contributed by atoms with Crippen molar-refractivity contribution < 1.29 is 9.90 Å². The van der Waals surface area contributed by atoms with Crippen LogP contribution in [0.3, 0.4) is 0 Å². The fourth-order valence-corrected chi connectivity index (χ4v) is 4.05. The van der Waals surface area contributed by atoms with E-state index in [0.29, 0.717) is 12.1 Å². The maximum Gasteiger partial charge on any atom is 0.306 e. The van der Waals surface area contributed by atoms with E-state index in [-0.39, 0.29) is 5.92 Å². The Morgan fingerprint density at radius 3 is 2.47 bits per heavy atom. The van der Waals surface area contributed by atoms with Crippen LogP contribution in [0.2, 0.25) is 0 Å². The van der Waals surface area contributed by atoms with Gasteiger partial charge in [-0.15, -0.1) is 11.3 Å². The lowest BCUT2D eigenvalue weighted by Gasteiger charge is -2.29. The van der Waals surface area contributed by atoms with Crippen LogP contribution in [0.15, 0.2) is 6.07 Å². The lowest BCUT2D eigenvalue weighted by molar-refractivity contribution is -0.142. The Labute approximate surface area is 119 Å². The Morgan fingerprint density at radius 2 is 2.00 bits per heavy atom. The second-order valence-corrected chi connectivity index (χ2v) is 7.10. The van der Waals surface area contributed by atoms with Crippen LogP contribution in [-0.4, -0.2) is 17.1 Å². The molecule has 2 N–H and O–H groups in total. The van der Waals surface area contributed by atoms with Crippen LogP contribution in [0, 0.1) is 19.8 Å². The van der Waals surface area contributed by atoms with Gasteiger partial charge < -0.3 is 10.4 Å². The molecule has 19 heavy (non-hydrogen) atoms. The summed E-state index contributed by atoms with van der Waals surface area (Å²) >= 11 is 1.85. The molecule has 0 radical (unpaired) electrons. The van der Waals surface area contributed by atoms with Gasteiger partial charge in [0.25, 0.3) is 0 Å². The molecule has 2 rings (SSSR count). The van der Waals surface area contributed by atoms with Crippen LogP contribution >= 0.6 is 11.3 Å². The number of thiophene rings is 1. The normalized spacial score (nSPS) is 25.2. The summed E-state index contributed by atoms with van der Waals surface area (Å²) in [7, 11) is 0. The Morgan fingerprint density at radius 1 is 1.37 bits per heavy atom. The van der Waals surface area contributed by atoms with Gasteiger partial charge in [-0.1, -0.05) is 0 Å². The highest BCUT2D eigenvalue weighted by Crippen LogP contribution is 2.29. The summed E-state index contributed by atoms with van der Waals surface area (Å²) in [6.45, 7) is 6.52. The van der Waals surface area contributed by atoms with Crippen molar-refractivity contribution in [2.24, 2.45) is 5.92 Å². The van der Waals surface area contributed by atoms with Crippen molar-refractivity contribution >= 4 is 17.3 Å². The first kappa shape index (κ1) is 14.5. The van der Waals surface area contributed by atoms with Gasteiger partial charge in [-0.05, 0) is 58.1 Å². The van der Waals surface area contributed by atoms with E-state index >= 15 is 0 Å². The Hall–Kier alpha value is -0.870. The Bertz CT molecular complexity index is 447. The lowest BCUT2D eigenvalue weighted by atomic mass is 9.85. The molecule has 1 aromatic heterocycles. The smallest absolute Gasteiger partial charge is 0.306 e. The fraction of sp³-hybridized carbons (Fsp3) is 0.667. The molecule has 0 aromatic carbocycles. The second-order valence-electron chi connectivity index (χ2n) is 5.64. The van der Waals surface area contributed by atoms with Crippen LogP contribution in [0.5, 0.6) is 0 Å². The molecule has 3 nitrogen and oxygen atoms in total. The molecule has 0 saturated heterocycles. The molecular weight excluding hydrogens is 258 g/mol. The number of nitrogens with one attached hydrogen (secondary N) is 1. The molecule has 1 aliphatic carbocycles. The quantitative estimate of drug-likeness (QED) is 0.885. The van der Waals surface area contributed by atoms with E-state index in [2.05, 4.69) is 32.2 Å². The predicted octanol–water partition coefficient (Wildman–Crippen LogP) is 3.66. The van der Waals surface area contributed by atoms with Crippen molar-refractivity contribution in [1.29, 1.82) is 0 Å². The minimum Gasteiger partial charge on any atom is -0.481 e. The van der Waals surface area contributed by atoms with Crippen molar-refractivity contribution in [2.45, 2.75) is 58.5 Å². The van der Waals surface area contributed by atoms with Crippen molar-refractivity contribution in [2.75, 3.05) is 0 Å². The minimum atomic E-state index is -0.629. The van der Waals surface area contributed by atoms with E-state index in [4.69, 9.17) is 5.11 Å². The first-order chi connectivity index (χ1) is 8.97. The molecule has 4 heteroatoms. The van der Waals surface area contributed by atoms with Crippen LogP contribution in [0.1, 0.15) is 54.0 Å². The van der Waals surface area contributed by atoms with Gasteiger partial charge in [0.05, 0.1) is 5.92 Å². The zero-order valence-electron chi connectivity index (χ0n) is 11.9. The minimum absolute atomic E-state index is 0.126. The SMILES string of the molecule is Cc1cc(C(C)NC2CCC(C(=O)O)CC2)c(C)s1. The summed E-state index contributed by atoms with van der Waals surface area (Å²) in [4.78, 5) is 13.7. The molecular formula is C15H23NO2S. The third-order valence-electron chi connectivity index (χ3n) is 4.11. The van der Waals surface area contributed by atoms with Crippen molar-refractivity contribution in [3.05, 3.63) is 21.4 Å². The van der Waals surface area contributed by atoms with Gasteiger partial charge in [-0.3, -0.25) is 4.79 Å². The molecule has 1 aromatic rings. The lowest BCUT2D eigenvalue weighted by Crippen LogP contribution is -2.36. The molecule has 1 saturated carbocycles. The van der Waals surface area contributed by atoms with Crippen molar-refractivity contribution in [3.63, 3.8) is 0 Å². The third-order valence-corrected chi connectivity index (χ3v) is 5.09. The largest absolute Gasteiger partial charge is 0.481 e. The molecule has 1 unspecified atom stereocenters. The summed E-state index contributed by atoms with van der Waals surface area (Å²) in [5, 5.41) is 12.7. The van der Waals surface area contributed by atoms with Gasteiger partial charge in [-0.2, -0.15) is 0 Å². The van der Waals surface area contributed by atoms with Gasteiger partial charge >= 0.3 is 5.97 Å². The Balaban J connectivity index is 1.89. The zero-order valence-corrected chi connectivity index (χ0v) is 12.7. The maximum atomic E-state index is 10.9. The van der Waals surface area contributed by atoms with Gasteiger partial charge in [-0.25, -0.2) is 0 Å². The molecule has 0 aliphatic heterocycles. The predicted molar refractivity (Wildman–Crippen MR) is 78.7 cm³/mol. The van der Waals surface area contributed by atoms with E-state index in [0.717, 1.165) is 25.7 Å². The summed E-state index contributed by atoms with van der Waals surface area (Å²) < 4.78 is 0. The Kier molecular flexibility index (Phi) is 4.63. The average Bonchev–Trinajstić information content (AvgIpc) is 2.69. The maximum absolute atomic E-state index is 10.9. The summed E-state index contributed by atoms with van der Waals surface area (Å²) in [6.07, 6.45) is 3.57. The first-order valence-electron chi connectivity index (χ1n) is 7.03. The van der Waals surface area contributed by atoms with Crippen LogP contribution < -0.4 is 5.32 Å². The van der Waals surface area contributed by atoms with Gasteiger partial charge in [0, 0.05) is 21.8 Å². The highest BCUT2D eigenvalue weighted by atomic mass is 32.1. The number of aliphatic carboxylic acids is 1. The molecule has 106 valence electrons. The summed E-state index contributed by atoms with van der Waals surface area (Å²) in [5.41, 5.74) is 1.39. The van der Waals surface area contributed by atoms with E-state index in [1.807, 2.05) is 11.3 Å². The molecule has 0 spiro atoms. The molecule has 1 heterocycles. The number of hydrogen-bond acceptors (Lipinski definition) is 3. The zero-order chi connectivity index (χ0) is 14.0. The molecule has 1 fully saturated rings. The van der Waals surface area contributed by atoms with Gasteiger partial charge in [0.2, 0.25) is 0 Å². The van der Waals surface area contributed by atoms with E-state index in [1.54, 1.807) is 0 Å². The number of aryl methyl sites for hydroxylation is 2. The summed E-state index contributed by atoms with van der Waals surface area (Å²) in [6, 6.07) is 3.09. The van der Waals surface area contributed by atoms with Gasteiger partial charge in [0.15, 0.2) is 0 Å². The second kappa shape index (κ2) is 6.06. The van der Waals surface area contributed by atoms with E-state index < -0.39 is 5.97 Å². The van der Waals surface area contributed by atoms with Crippen molar-refractivity contribution in [1.82, 2.24) is 5.32 Å². The average molecular weight is 281 g/mol. The topological polar surface area (TPSA) is 49.3 Å². The standard InChI is InChI=1S/C15H23NO2S/c1-9-8-14(11(3)19-9)10(2)16-13-6-4-12(5-7-13)15(17)18/h8,10,12-13,16H,4-7H2,1-3H3,(H,17,18). The van der Waals surface area contributed by atoms with Crippen LogP contribution in [-0.2, 0) is 4.79 Å². The first-order valence-corrected chi connectivity index (χ1v) is 7.84. The number of carbonyl (C=O) groups is 1. The molecule has 0 bridgehead atoms. The number of carboxylic acid groups (broad SMARTS) is 1. The number of carboxylic acids is 1. The van der Waals surface area contributed by atoms with Crippen LogP contribution in [0.25, 0.3) is 0 Å². The van der Waals surface area contributed by atoms with Gasteiger partial charge in [0.1, 0.15) is 0 Å². The molecule has 1 aliphatic rings. The highest BCUT2D eigenvalue weighted by Gasteiger charge is 2.26. The van der Waals surface area contributed by atoms with E-state index in [9.17, 15) is 4.79 Å².